The van der Waals surface area contributed by atoms with Gasteiger partial charge >= 0.3 is 5.97 Å². The maximum absolute atomic E-state index is 12.2. The number of aromatic carboxylic acids is 1. The monoisotopic (exact) mass is 297 g/mol. The number of aromatic nitrogens is 2. The van der Waals surface area contributed by atoms with Crippen LogP contribution in [-0.4, -0.2) is 28.7 Å². The van der Waals surface area contributed by atoms with Gasteiger partial charge in [0.25, 0.3) is 10.0 Å². The van der Waals surface area contributed by atoms with Crippen molar-refractivity contribution in [3.05, 3.63) is 42.5 Å². The molecular weight excluding hydrogens is 282 g/mol. The molecule has 0 radical (unpaired) electrons. The highest BCUT2D eigenvalue weighted by Crippen LogP contribution is 2.19. The number of sulfonamides is 1. The van der Waals surface area contributed by atoms with E-state index in [1.807, 2.05) is 0 Å². The summed E-state index contributed by atoms with van der Waals surface area (Å²) in [6.07, 6.45) is 4.39. The maximum Gasteiger partial charge on any atom is 0.352 e. The Balaban J connectivity index is 2.42. The lowest BCUT2D eigenvalue weighted by molar-refractivity contribution is 0.0683. The van der Waals surface area contributed by atoms with E-state index in [1.54, 1.807) is 26.0 Å². The van der Waals surface area contributed by atoms with Gasteiger partial charge in [-0.3, -0.25) is 4.68 Å². The molecule has 0 bridgehead atoms. The minimum atomic E-state index is -3.82. The Morgan fingerprint density at radius 3 is 2.35 bits per heavy atom. The Bertz CT molecular complexity index is 714. The zero-order valence-corrected chi connectivity index (χ0v) is 11.8. The highest BCUT2D eigenvalue weighted by molar-refractivity contribution is 7.92. The molecular formula is C12H15N3O4S. The predicted octanol–water partition coefficient (Wildman–Crippen LogP) is 1.50. The summed E-state index contributed by atoms with van der Waals surface area (Å²) in [4.78, 5) is 13.4. The standard InChI is InChI=1S/C12H15N3O4S/c1-9(2)15-8-10(7-11(15)12(16)17)20(18,19)13-14-5-3-4-6-14/h3-9,13H,1-2H3,(H,16,17). The molecule has 2 N–H and O–H groups in total. The summed E-state index contributed by atoms with van der Waals surface area (Å²) in [6, 6.07) is 4.33. The van der Waals surface area contributed by atoms with Crippen molar-refractivity contribution in [2.24, 2.45) is 0 Å². The molecule has 0 aliphatic carbocycles. The van der Waals surface area contributed by atoms with Gasteiger partial charge in [0.05, 0.1) is 0 Å². The van der Waals surface area contributed by atoms with Gasteiger partial charge in [0.2, 0.25) is 0 Å². The first-order valence-electron chi connectivity index (χ1n) is 5.92. The Morgan fingerprint density at radius 1 is 1.30 bits per heavy atom. The van der Waals surface area contributed by atoms with Crippen molar-refractivity contribution < 1.29 is 18.3 Å². The first-order valence-corrected chi connectivity index (χ1v) is 7.40. The van der Waals surface area contributed by atoms with Crippen LogP contribution in [-0.2, 0) is 10.0 Å². The van der Waals surface area contributed by atoms with E-state index >= 15 is 0 Å². The van der Waals surface area contributed by atoms with E-state index in [4.69, 9.17) is 5.11 Å². The third kappa shape index (κ3) is 2.69. The number of carboxylic acids is 1. The van der Waals surface area contributed by atoms with E-state index in [0.717, 1.165) is 6.07 Å². The molecule has 0 fully saturated rings. The molecule has 0 atom stereocenters. The number of nitrogens with one attached hydrogen (secondary N) is 1. The molecule has 2 aromatic rings. The van der Waals surface area contributed by atoms with Crippen molar-refractivity contribution in [1.29, 1.82) is 0 Å². The van der Waals surface area contributed by atoms with Gasteiger partial charge < -0.3 is 9.67 Å². The number of rotatable bonds is 5. The van der Waals surface area contributed by atoms with Crippen LogP contribution in [0.3, 0.4) is 0 Å². The fraction of sp³-hybridized carbons (Fsp3) is 0.250. The number of hydrogen-bond donors (Lipinski definition) is 2. The zero-order valence-electron chi connectivity index (χ0n) is 11.0. The molecule has 0 amide bonds. The number of carboxylic acid groups (broad SMARTS) is 1. The van der Waals surface area contributed by atoms with Crippen LogP contribution in [0.1, 0.15) is 30.4 Å². The van der Waals surface area contributed by atoms with Gasteiger partial charge in [-0.25, -0.2) is 9.63 Å². The predicted molar refractivity (Wildman–Crippen MR) is 72.8 cm³/mol. The summed E-state index contributed by atoms with van der Waals surface area (Å²) in [5, 5.41) is 9.11. The molecule has 108 valence electrons. The molecule has 0 saturated carbocycles. The Labute approximate surface area is 116 Å². The fourth-order valence-electron chi connectivity index (χ4n) is 1.79. The lowest BCUT2D eigenvalue weighted by atomic mass is 10.3. The molecule has 2 rings (SSSR count). The minimum absolute atomic E-state index is 0.0621. The SMILES string of the molecule is CC(C)n1cc(S(=O)(=O)Nn2cccc2)cc1C(=O)O. The fourth-order valence-corrected chi connectivity index (χ4v) is 2.81. The molecule has 0 unspecified atom stereocenters. The molecule has 0 aromatic carbocycles. The van der Waals surface area contributed by atoms with Crippen LogP contribution < -0.4 is 4.83 Å². The van der Waals surface area contributed by atoms with Crippen molar-refractivity contribution in [2.45, 2.75) is 24.8 Å². The number of hydrogen-bond acceptors (Lipinski definition) is 3. The van der Waals surface area contributed by atoms with Crippen LogP contribution in [0.25, 0.3) is 0 Å². The number of carbonyl (C=O) groups is 1. The van der Waals surface area contributed by atoms with E-state index in [0.29, 0.717) is 0 Å². The highest BCUT2D eigenvalue weighted by Gasteiger charge is 2.22. The quantitative estimate of drug-likeness (QED) is 0.874. The zero-order chi connectivity index (χ0) is 14.9. The third-order valence-corrected chi connectivity index (χ3v) is 4.03. The van der Waals surface area contributed by atoms with E-state index in [1.165, 1.54) is 27.8 Å². The second-order valence-electron chi connectivity index (χ2n) is 4.55. The molecule has 0 saturated heterocycles. The van der Waals surface area contributed by atoms with Crippen LogP contribution in [0, 0.1) is 0 Å². The van der Waals surface area contributed by atoms with Crippen LogP contribution in [0.2, 0.25) is 0 Å². The van der Waals surface area contributed by atoms with E-state index < -0.39 is 16.0 Å². The van der Waals surface area contributed by atoms with Crippen molar-refractivity contribution in [1.82, 2.24) is 9.24 Å². The first-order chi connectivity index (χ1) is 9.31. The number of nitrogens with zero attached hydrogens (tertiary/aromatic N) is 2. The van der Waals surface area contributed by atoms with E-state index in [-0.39, 0.29) is 16.6 Å². The molecule has 0 aliphatic heterocycles. The van der Waals surface area contributed by atoms with Gasteiger partial charge in [-0.2, -0.15) is 8.42 Å². The smallest absolute Gasteiger partial charge is 0.352 e. The second kappa shape index (κ2) is 5.04. The maximum atomic E-state index is 12.2. The van der Waals surface area contributed by atoms with Gasteiger partial charge in [0.15, 0.2) is 0 Å². The first kappa shape index (κ1) is 14.2. The van der Waals surface area contributed by atoms with Crippen LogP contribution in [0.5, 0.6) is 0 Å². The molecule has 8 heteroatoms. The Kier molecular flexibility index (Phi) is 3.58. The van der Waals surface area contributed by atoms with Crippen LogP contribution in [0.4, 0.5) is 0 Å². The topological polar surface area (TPSA) is 93.3 Å². The summed E-state index contributed by atoms with van der Waals surface area (Å²) in [5.41, 5.74) is -0.0621. The molecule has 0 spiro atoms. The molecule has 7 nitrogen and oxygen atoms in total. The molecule has 2 heterocycles. The van der Waals surface area contributed by atoms with Crippen molar-refractivity contribution in [2.75, 3.05) is 4.83 Å². The summed E-state index contributed by atoms with van der Waals surface area (Å²) < 4.78 is 27.0. The average molecular weight is 297 g/mol. The van der Waals surface area contributed by atoms with Gasteiger partial charge in [-0.05, 0) is 32.0 Å². The Hall–Kier alpha value is -2.22. The lowest BCUT2D eigenvalue weighted by Crippen LogP contribution is -2.21. The summed E-state index contributed by atoms with van der Waals surface area (Å²) in [6.45, 7) is 3.56. The van der Waals surface area contributed by atoms with Crippen molar-refractivity contribution >= 4 is 16.0 Å². The summed E-state index contributed by atoms with van der Waals surface area (Å²) >= 11 is 0. The van der Waals surface area contributed by atoms with Crippen LogP contribution in [0.15, 0.2) is 41.7 Å². The van der Waals surface area contributed by atoms with E-state index in [2.05, 4.69) is 4.83 Å². The Morgan fingerprint density at radius 2 is 1.90 bits per heavy atom. The average Bonchev–Trinajstić information content (AvgIpc) is 2.95. The van der Waals surface area contributed by atoms with Gasteiger partial charge in [-0.1, -0.05) is 0 Å². The van der Waals surface area contributed by atoms with Crippen molar-refractivity contribution in [3.63, 3.8) is 0 Å². The van der Waals surface area contributed by atoms with Crippen LogP contribution >= 0.6 is 0 Å². The largest absolute Gasteiger partial charge is 0.477 e. The van der Waals surface area contributed by atoms with E-state index in [9.17, 15) is 13.2 Å². The molecule has 0 aliphatic rings. The summed E-state index contributed by atoms with van der Waals surface area (Å²) in [7, 11) is -3.82. The minimum Gasteiger partial charge on any atom is -0.477 e. The summed E-state index contributed by atoms with van der Waals surface area (Å²) in [5.74, 6) is -1.17. The highest BCUT2D eigenvalue weighted by atomic mass is 32.2. The van der Waals surface area contributed by atoms with Gasteiger partial charge in [-0.15, -0.1) is 0 Å². The lowest BCUT2D eigenvalue weighted by Gasteiger charge is -2.09. The normalized spacial score (nSPS) is 11.8. The molecule has 20 heavy (non-hydrogen) atoms. The van der Waals surface area contributed by atoms with Gasteiger partial charge in [0.1, 0.15) is 10.6 Å². The van der Waals surface area contributed by atoms with Gasteiger partial charge in [0, 0.05) is 24.6 Å². The third-order valence-electron chi connectivity index (χ3n) is 2.74. The van der Waals surface area contributed by atoms with Crippen molar-refractivity contribution in [3.8, 4) is 0 Å². The second-order valence-corrected chi connectivity index (χ2v) is 6.21. The molecule has 2 aromatic heterocycles.